The molecule has 0 fully saturated rings. The van der Waals surface area contributed by atoms with Gasteiger partial charge in [0.2, 0.25) is 0 Å². The van der Waals surface area contributed by atoms with E-state index in [1.165, 1.54) is 76.4 Å². The monoisotopic (exact) mass is 954 g/mol. The highest BCUT2D eigenvalue weighted by atomic mass is 16.3. The number of rotatable bonds is 8. The Labute approximate surface area is 434 Å². The lowest BCUT2D eigenvalue weighted by atomic mass is 9.94. The third-order valence-corrected chi connectivity index (χ3v) is 15.4. The van der Waals surface area contributed by atoms with E-state index in [0.29, 0.717) is 0 Å². The molecule has 0 radical (unpaired) electrons. The summed E-state index contributed by atoms with van der Waals surface area (Å²) in [6.07, 6.45) is 0. The van der Waals surface area contributed by atoms with Crippen molar-refractivity contribution in [3.05, 3.63) is 279 Å². The van der Waals surface area contributed by atoms with Crippen molar-refractivity contribution in [1.82, 2.24) is 4.57 Å². The maximum Gasteiger partial charge on any atom is 0.136 e. The van der Waals surface area contributed by atoms with Gasteiger partial charge >= 0.3 is 0 Å². The molecular formula is C72H46N2O. The van der Waals surface area contributed by atoms with Crippen LogP contribution in [0.15, 0.2) is 283 Å². The van der Waals surface area contributed by atoms with Gasteiger partial charge in [0.25, 0.3) is 0 Å². The number of hydrogen-bond donors (Lipinski definition) is 0. The molecule has 75 heavy (non-hydrogen) atoms. The van der Waals surface area contributed by atoms with Crippen LogP contribution in [0.25, 0.3) is 126 Å². The van der Waals surface area contributed by atoms with Crippen LogP contribution in [0, 0.1) is 0 Å². The van der Waals surface area contributed by atoms with Crippen LogP contribution in [0.3, 0.4) is 0 Å². The van der Waals surface area contributed by atoms with E-state index in [1.54, 1.807) is 0 Å². The lowest BCUT2D eigenvalue weighted by Crippen LogP contribution is -2.10. The Morgan fingerprint density at radius 1 is 0.253 bits per heavy atom. The van der Waals surface area contributed by atoms with Gasteiger partial charge in [0.1, 0.15) is 11.2 Å². The molecule has 0 amide bonds. The topological polar surface area (TPSA) is 21.3 Å². The molecule has 2 heterocycles. The Balaban J connectivity index is 0.790. The molecule has 350 valence electrons. The van der Waals surface area contributed by atoms with E-state index in [1.807, 2.05) is 12.1 Å². The summed E-state index contributed by atoms with van der Waals surface area (Å²) >= 11 is 0. The largest absolute Gasteiger partial charge is 0.456 e. The van der Waals surface area contributed by atoms with Crippen LogP contribution in [0.2, 0.25) is 0 Å². The molecule has 15 aromatic rings. The molecule has 0 spiro atoms. The Kier molecular flexibility index (Phi) is 9.89. The molecule has 0 atom stereocenters. The van der Waals surface area contributed by atoms with Crippen molar-refractivity contribution in [2.24, 2.45) is 0 Å². The molecule has 13 aromatic carbocycles. The molecule has 0 bridgehead atoms. The standard InChI is InChI=1S/C72H46N2O/c1-2-20-61-59(18-1)60-19-3-4-21-62(60)67-46-57(42-43-63(61)67)73(55-40-36-50(37-41-55)51-14-11-16-53(44-51)58-25-13-29-71-72(58)66-24-7-10-28-70(66)75-71)54-38-34-48(35-39-54)47-30-32-49(33-31-47)52-15-12-17-56(45-52)74-68-26-8-5-22-64(68)65-23-6-9-27-69(65)74/h1-46H. The maximum absolute atomic E-state index is 6.28. The van der Waals surface area contributed by atoms with E-state index in [9.17, 15) is 0 Å². The average Bonchev–Trinajstić information content (AvgIpc) is 4.06. The molecule has 15 rings (SSSR count). The summed E-state index contributed by atoms with van der Waals surface area (Å²) in [6, 6.07) is 101. The maximum atomic E-state index is 6.28. The Morgan fingerprint density at radius 3 is 1.29 bits per heavy atom. The zero-order valence-electron chi connectivity index (χ0n) is 40.9. The third kappa shape index (κ3) is 7.12. The van der Waals surface area contributed by atoms with Crippen LogP contribution in [-0.4, -0.2) is 4.57 Å². The zero-order valence-corrected chi connectivity index (χ0v) is 40.9. The highest BCUT2D eigenvalue weighted by Crippen LogP contribution is 2.43. The predicted molar refractivity (Wildman–Crippen MR) is 317 cm³/mol. The Bertz CT molecular complexity index is 4610. The molecule has 0 saturated heterocycles. The van der Waals surface area contributed by atoms with Crippen molar-refractivity contribution in [1.29, 1.82) is 0 Å². The number of benzene rings is 13. The summed E-state index contributed by atoms with van der Waals surface area (Å²) < 4.78 is 8.66. The summed E-state index contributed by atoms with van der Waals surface area (Å²) in [7, 11) is 0. The summed E-state index contributed by atoms with van der Waals surface area (Å²) in [6.45, 7) is 0. The van der Waals surface area contributed by atoms with Gasteiger partial charge in [-0.25, -0.2) is 0 Å². The van der Waals surface area contributed by atoms with Crippen molar-refractivity contribution in [3.8, 4) is 50.2 Å². The lowest BCUT2D eigenvalue weighted by Gasteiger charge is -2.27. The van der Waals surface area contributed by atoms with Gasteiger partial charge in [0.05, 0.1) is 11.0 Å². The van der Waals surface area contributed by atoms with Crippen LogP contribution in [0.1, 0.15) is 0 Å². The first-order chi connectivity index (χ1) is 37.2. The Morgan fingerprint density at radius 2 is 0.680 bits per heavy atom. The van der Waals surface area contributed by atoms with Crippen molar-refractivity contribution < 1.29 is 4.42 Å². The number of aromatic nitrogens is 1. The van der Waals surface area contributed by atoms with E-state index >= 15 is 0 Å². The summed E-state index contributed by atoms with van der Waals surface area (Å²) in [4.78, 5) is 2.39. The molecule has 0 unspecified atom stereocenters. The predicted octanol–water partition coefficient (Wildman–Crippen LogP) is 20.3. The lowest BCUT2D eigenvalue weighted by molar-refractivity contribution is 0.669. The number of para-hydroxylation sites is 3. The van der Waals surface area contributed by atoms with Crippen LogP contribution in [-0.2, 0) is 0 Å². The normalized spacial score (nSPS) is 11.7. The quantitative estimate of drug-likeness (QED) is 0.142. The van der Waals surface area contributed by atoms with Crippen LogP contribution < -0.4 is 4.90 Å². The second-order valence-electron chi connectivity index (χ2n) is 19.6. The van der Waals surface area contributed by atoms with Crippen molar-refractivity contribution >= 4 is 93.1 Å². The molecule has 2 aromatic heterocycles. The first-order valence-corrected chi connectivity index (χ1v) is 25.7. The van der Waals surface area contributed by atoms with E-state index in [0.717, 1.165) is 66.9 Å². The Hall–Kier alpha value is -9.96. The average molecular weight is 955 g/mol. The molecular weight excluding hydrogens is 909 g/mol. The molecule has 3 heteroatoms. The fourth-order valence-electron chi connectivity index (χ4n) is 11.8. The third-order valence-electron chi connectivity index (χ3n) is 15.4. The van der Waals surface area contributed by atoms with E-state index in [4.69, 9.17) is 4.42 Å². The molecule has 0 N–H and O–H groups in total. The minimum atomic E-state index is 0.901. The highest BCUT2D eigenvalue weighted by Gasteiger charge is 2.18. The minimum absolute atomic E-state index is 0.901. The van der Waals surface area contributed by atoms with E-state index < -0.39 is 0 Å². The van der Waals surface area contributed by atoms with Gasteiger partial charge < -0.3 is 13.9 Å². The molecule has 0 aliphatic rings. The molecule has 3 nitrogen and oxygen atoms in total. The minimum Gasteiger partial charge on any atom is -0.456 e. The first-order valence-electron chi connectivity index (χ1n) is 25.7. The fraction of sp³-hybridized carbons (Fsp3) is 0. The summed E-state index contributed by atoms with van der Waals surface area (Å²) in [5.74, 6) is 0. The van der Waals surface area contributed by atoms with Gasteiger partial charge in [-0.15, -0.1) is 0 Å². The number of nitrogens with zero attached hydrogens (tertiary/aromatic N) is 2. The van der Waals surface area contributed by atoms with Gasteiger partial charge in [0, 0.05) is 44.3 Å². The summed E-state index contributed by atoms with van der Waals surface area (Å²) in [5, 5.41) is 12.3. The highest BCUT2D eigenvalue weighted by molar-refractivity contribution is 6.26. The van der Waals surface area contributed by atoms with Crippen LogP contribution in [0.4, 0.5) is 17.1 Å². The summed E-state index contributed by atoms with van der Waals surface area (Å²) in [5.41, 5.74) is 18.0. The van der Waals surface area contributed by atoms with Gasteiger partial charge in [-0.05, 0) is 156 Å². The van der Waals surface area contributed by atoms with Gasteiger partial charge in [0.15, 0.2) is 0 Å². The van der Waals surface area contributed by atoms with Crippen molar-refractivity contribution in [3.63, 3.8) is 0 Å². The van der Waals surface area contributed by atoms with E-state index in [2.05, 4.69) is 276 Å². The SMILES string of the molecule is c1cc(-c2ccc(N(c3ccc(-c4ccc(-c5cccc(-n6c7ccccc7c7ccccc76)c5)cc4)cc3)c3ccc4c5ccccc5c5ccccc5c4c3)cc2)cc(-c2cccc3oc4ccccc4c23)c1. The van der Waals surface area contributed by atoms with Gasteiger partial charge in [-0.2, -0.15) is 0 Å². The van der Waals surface area contributed by atoms with Gasteiger partial charge in [-0.3, -0.25) is 0 Å². The van der Waals surface area contributed by atoms with Crippen LogP contribution >= 0.6 is 0 Å². The van der Waals surface area contributed by atoms with Crippen molar-refractivity contribution in [2.75, 3.05) is 4.90 Å². The van der Waals surface area contributed by atoms with Crippen LogP contribution in [0.5, 0.6) is 0 Å². The molecule has 0 aliphatic heterocycles. The number of anilines is 3. The number of hydrogen-bond acceptors (Lipinski definition) is 2. The number of furan rings is 1. The second-order valence-corrected chi connectivity index (χ2v) is 19.6. The fourth-order valence-corrected chi connectivity index (χ4v) is 11.8. The van der Waals surface area contributed by atoms with Gasteiger partial charge in [-0.1, -0.05) is 200 Å². The second kappa shape index (κ2) is 17.4. The molecule has 0 aliphatic carbocycles. The van der Waals surface area contributed by atoms with Crippen molar-refractivity contribution in [2.45, 2.75) is 0 Å². The number of fused-ring (bicyclic) bond motifs is 12. The first kappa shape index (κ1) is 42.7. The van der Waals surface area contributed by atoms with E-state index in [-0.39, 0.29) is 0 Å². The zero-order chi connectivity index (χ0) is 49.4. The molecule has 0 saturated carbocycles. The smallest absolute Gasteiger partial charge is 0.136 e.